The quantitative estimate of drug-likeness (QED) is 0.417. The van der Waals surface area contributed by atoms with E-state index < -0.39 is 0 Å². The molecule has 0 saturated carbocycles. The summed E-state index contributed by atoms with van der Waals surface area (Å²) in [6.07, 6.45) is 0. The van der Waals surface area contributed by atoms with Gasteiger partial charge >= 0.3 is 0 Å². The Morgan fingerprint density at radius 1 is 1.17 bits per heavy atom. The number of nitrogens with zero attached hydrogens (tertiary/aromatic N) is 3. The summed E-state index contributed by atoms with van der Waals surface area (Å²) in [5.41, 5.74) is 2.49. The molecule has 0 fully saturated rings. The second kappa shape index (κ2) is 6.38. The van der Waals surface area contributed by atoms with Gasteiger partial charge < -0.3 is 0 Å². The third kappa shape index (κ3) is 3.19. The zero-order valence-corrected chi connectivity index (χ0v) is 13.9. The standard InChI is InChI=1S/C18H17N3OS/c1-12(2)11-23-18-20-15-9-5-4-8-14(15)17(22)21(18)16-10-6-7-13(3)19-16/h4-10H,1,11H2,2-3H3. The molecule has 0 aliphatic rings. The Bertz CT molecular complexity index is 946. The van der Waals surface area contributed by atoms with Crippen LogP contribution in [0, 0.1) is 6.92 Å². The highest BCUT2D eigenvalue weighted by Crippen LogP contribution is 2.22. The summed E-state index contributed by atoms with van der Waals surface area (Å²) in [4.78, 5) is 22.1. The predicted molar refractivity (Wildman–Crippen MR) is 95.4 cm³/mol. The van der Waals surface area contributed by atoms with Gasteiger partial charge in [-0.1, -0.05) is 42.1 Å². The lowest BCUT2D eigenvalue weighted by Gasteiger charge is -2.12. The van der Waals surface area contributed by atoms with Crippen molar-refractivity contribution < 1.29 is 0 Å². The molecule has 0 atom stereocenters. The van der Waals surface area contributed by atoms with E-state index in [1.165, 1.54) is 11.8 Å². The second-order valence-electron chi connectivity index (χ2n) is 5.44. The minimum atomic E-state index is -0.0992. The van der Waals surface area contributed by atoms with Crippen molar-refractivity contribution in [3.63, 3.8) is 0 Å². The normalized spacial score (nSPS) is 10.9. The van der Waals surface area contributed by atoms with Crippen molar-refractivity contribution in [3.05, 3.63) is 70.7 Å². The fraction of sp³-hybridized carbons (Fsp3) is 0.167. The summed E-state index contributed by atoms with van der Waals surface area (Å²) < 4.78 is 1.59. The topological polar surface area (TPSA) is 47.8 Å². The van der Waals surface area contributed by atoms with E-state index in [9.17, 15) is 4.79 Å². The number of hydrogen-bond acceptors (Lipinski definition) is 4. The summed E-state index contributed by atoms with van der Waals surface area (Å²) in [7, 11) is 0. The van der Waals surface area contributed by atoms with Crippen LogP contribution in [0.5, 0.6) is 0 Å². The molecule has 0 unspecified atom stereocenters. The first kappa shape index (κ1) is 15.5. The van der Waals surface area contributed by atoms with E-state index in [4.69, 9.17) is 0 Å². The fourth-order valence-electron chi connectivity index (χ4n) is 2.25. The highest BCUT2D eigenvalue weighted by atomic mass is 32.2. The van der Waals surface area contributed by atoms with Crippen LogP contribution in [-0.4, -0.2) is 20.3 Å². The van der Waals surface area contributed by atoms with Crippen LogP contribution in [0.25, 0.3) is 16.7 Å². The Kier molecular flexibility index (Phi) is 4.30. The van der Waals surface area contributed by atoms with Gasteiger partial charge in [-0.15, -0.1) is 0 Å². The molecule has 0 N–H and O–H groups in total. The van der Waals surface area contributed by atoms with Crippen LogP contribution in [0.4, 0.5) is 0 Å². The number of thioether (sulfide) groups is 1. The summed E-state index contributed by atoms with van der Waals surface area (Å²) in [5, 5.41) is 1.23. The molecule has 3 rings (SSSR count). The zero-order valence-electron chi connectivity index (χ0n) is 13.1. The molecule has 0 spiro atoms. The van der Waals surface area contributed by atoms with E-state index in [1.54, 1.807) is 10.6 Å². The molecule has 0 saturated heterocycles. The van der Waals surface area contributed by atoms with E-state index in [0.717, 1.165) is 11.3 Å². The maximum Gasteiger partial charge on any atom is 0.267 e. The van der Waals surface area contributed by atoms with Gasteiger partial charge in [0.1, 0.15) is 5.82 Å². The Hall–Kier alpha value is -2.40. The van der Waals surface area contributed by atoms with Crippen LogP contribution in [0.15, 0.2) is 64.6 Å². The fourth-order valence-corrected chi connectivity index (χ4v) is 3.10. The van der Waals surface area contributed by atoms with Crippen molar-refractivity contribution >= 4 is 22.7 Å². The number of hydrogen-bond donors (Lipinski definition) is 0. The van der Waals surface area contributed by atoms with Crippen LogP contribution in [0.2, 0.25) is 0 Å². The monoisotopic (exact) mass is 323 g/mol. The lowest BCUT2D eigenvalue weighted by molar-refractivity contribution is 0.792. The molecule has 4 nitrogen and oxygen atoms in total. The number of aromatic nitrogens is 3. The maximum atomic E-state index is 13.0. The molecular weight excluding hydrogens is 306 g/mol. The van der Waals surface area contributed by atoms with Crippen molar-refractivity contribution in [2.75, 3.05) is 5.75 Å². The molecule has 0 bridgehead atoms. The molecular formula is C18H17N3OS. The first-order valence-electron chi connectivity index (χ1n) is 7.29. The molecule has 0 aliphatic carbocycles. The SMILES string of the molecule is C=C(C)CSc1nc2ccccc2c(=O)n1-c1cccc(C)n1. The van der Waals surface area contributed by atoms with Crippen LogP contribution in [0.3, 0.4) is 0 Å². The molecule has 3 aromatic rings. The van der Waals surface area contributed by atoms with Gasteiger partial charge in [0.2, 0.25) is 0 Å². The largest absolute Gasteiger partial charge is 0.268 e. The number of para-hydroxylation sites is 1. The summed E-state index contributed by atoms with van der Waals surface area (Å²) in [6.45, 7) is 7.79. The number of pyridine rings is 1. The first-order valence-corrected chi connectivity index (χ1v) is 8.28. The molecule has 1 aromatic carbocycles. The highest BCUT2D eigenvalue weighted by Gasteiger charge is 2.14. The van der Waals surface area contributed by atoms with Crippen molar-refractivity contribution in [1.82, 2.24) is 14.5 Å². The van der Waals surface area contributed by atoms with Gasteiger partial charge in [0.25, 0.3) is 5.56 Å². The Labute approximate surface area is 138 Å². The smallest absolute Gasteiger partial charge is 0.267 e. The molecule has 0 aliphatic heterocycles. The van der Waals surface area contributed by atoms with Gasteiger partial charge in [0, 0.05) is 11.4 Å². The lowest BCUT2D eigenvalue weighted by atomic mass is 10.2. The highest BCUT2D eigenvalue weighted by molar-refractivity contribution is 7.99. The van der Waals surface area contributed by atoms with Crippen LogP contribution < -0.4 is 5.56 Å². The number of benzene rings is 1. The van der Waals surface area contributed by atoms with Gasteiger partial charge in [-0.2, -0.15) is 0 Å². The molecule has 23 heavy (non-hydrogen) atoms. The third-order valence-corrected chi connectivity index (χ3v) is 4.46. The van der Waals surface area contributed by atoms with Crippen molar-refractivity contribution in [2.24, 2.45) is 0 Å². The zero-order chi connectivity index (χ0) is 16.4. The molecule has 5 heteroatoms. The minimum Gasteiger partial charge on any atom is -0.268 e. The van der Waals surface area contributed by atoms with E-state index in [0.29, 0.717) is 27.6 Å². The molecule has 2 heterocycles. The molecule has 116 valence electrons. The maximum absolute atomic E-state index is 13.0. The Morgan fingerprint density at radius 2 is 1.96 bits per heavy atom. The summed E-state index contributed by atoms with van der Waals surface area (Å²) in [6, 6.07) is 13.0. The van der Waals surface area contributed by atoms with Crippen molar-refractivity contribution in [1.29, 1.82) is 0 Å². The third-order valence-electron chi connectivity index (χ3n) is 3.30. The number of aryl methyl sites for hydroxylation is 1. The molecule has 0 radical (unpaired) electrons. The number of rotatable bonds is 4. The van der Waals surface area contributed by atoms with Crippen molar-refractivity contribution in [3.8, 4) is 5.82 Å². The molecule has 0 amide bonds. The predicted octanol–water partition coefficient (Wildman–Crippen LogP) is 3.76. The Balaban J connectivity index is 2.27. The molecule has 2 aromatic heterocycles. The lowest BCUT2D eigenvalue weighted by Crippen LogP contribution is -2.23. The van der Waals surface area contributed by atoms with Gasteiger partial charge in [-0.05, 0) is 38.1 Å². The Morgan fingerprint density at radius 3 is 2.70 bits per heavy atom. The van der Waals surface area contributed by atoms with Crippen molar-refractivity contribution in [2.45, 2.75) is 19.0 Å². The summed E-state index contributed by atoms with van der Waals surface area (Å²) in [5.74, 6) is 1.30. The van der Waals surface area contributed by atoms with Crippen LogP contribution in [-0.2, 0) is 0 Å². The second-order valence-corrected chi connectivity index (χ2v) is 6.38. The van der Waals surface area contributed by atoms with E-state index in [1.807, 2.05) is 50.2 Å². The van der Waals surface area contributed by atoms with Gasteiger partial charge in [0.15, 0.2) is 5.16 Å². The summed E-state index contributed by atoms with van der Waals surface area (Å²) >= 11 is 1.50. The van der Waals surface area contributed by atoms with E-state index in [2.05, 4.69) is 16.5 Å². The van der Waals surface area contributed by atoms with Gasteiger partial charge in [0.05, 0.1) is 10.9 Å². The van der Waals surface area contributed by atoms with Crippen LogP contribution in [0.1, 0.15) is 12.6 Å². The average molecular weight is 323 g/mol. The van der Waals surface area contributed by atoms with Gasteiger partial charge in [-0.3, -0.25) is 4.79 Å². The first-order chi connectivity index (χ1) is 11.1. The van der Waals surface area contributed by atoms with E-state index in [-0.39, 0.29) is 5.56 Å². The minimum absolute atomic E-state index is 0.0992. The average Bonchev–Trinajstić information content (AvgIpc) is 2.53. The van der Waals surface area contributed by atoms with E-state index >= 15 is 0 Å². The van der Waals surface area contributed by atoms with Crippen LogP contribution >= 0.6 is 11.8 Å². The number of fused-ring (bicyclic) bond motifs is 1. The van der Waals surface area contributed by atoms with Gasteiger partial charge in [-0.25, -0.2) is 14.5 Å².